The molecule has 0 aliphatic carbocycles. The number of ether oxygens (including phenoxy) is 2. The Morgan fingerprint density at radius 3 is 2.72 bits per heavy atom. The van der Waals surface area contributed by atoms with Gasteiger partial charge in [0.2, 0.25) is 0 Å². The zero-order valence-corrected chi connectivity index (χ0v) is 10.3. The van der Waals surface area contributed by atoms with Gasteiger partial charge in [-0.3, -0.25) is 0 Å². The number of fused-ring (bicyclic) bond motifs is 1. The zero-order valence-electron chi connectivity index (χ0n) is 10.3. The molecule has 18 heavy (non-hydrogen) atoms. The van der Waals surface area contributed by atoms with Crippen molar-refractivity contribution in [2.24, 2.45) is 0 Å². The summed E-state index contributed by atoms with van der Waals surface area (Å²) in [6, 6.07) is 8.28. The predicted molar refractivity (Wildman–Crippen MR) is 68.1 cm³/mol. The number of carbonyl (C=O) groups excluding carboxylic acids is 1. The van der Waals surface area contributed by atoms with Crippen LogP contribution in [0, 0.1) is 0 Å². The number of benzene rings is 2. The highest BCUT2D eigenvalue weighted by Gasteiger charge is 2.16. The van der Waals surface area contributed by atoms with Crippen LogP contribution in [-0.2, 0) is 4.74 Å². The average Bonchev–Trinajstić information content (AvgIpc) is 2.37. The van der Waals surface area contributed by atoms with Gasteiger partial charge < -0.3 is 14.6 Å². The van der Waals surface area contributed by atoms with Crippen LogP contribution < -0.4 is 4.74 Å². The molecule has 0 fully saturated rings. The maximum atomic E-state index is 11.8. The molecule has 4 heteroatoms. The Morgan fingerprint density at radius 2 is 2.06 bits per heavy atom. The fraction of sp³-hybridized carbons (Fsp3) is 0.214. The molecule has 4 nitrogen and oxygen atoms in total. The van der Waals surface area contributed by atoms with E-state index >= 15 is 0 Å². The van der Waals surface area contributed by atoms with Gasteiger partial charge in [0.25, 0.3) is 0 Å². The minimum atomic E-state index is -0.413. The Balaban J connectivity index is 2.62. The summed E-state index contributed by atoms with van der Waals surface area (Å²) < 4.78 is 10.3. The van der Waals surface area contributed by atoms with Crippen LogP contribution in [0.5, 0.6) is 11.5 Å². The molecule has 0 atom stereocenters. The Morgan fingerprint density at radius 1 is 1.28 bits per heavy atom. The lowest BCUT2D eigenvalue weighted by atomic mass is 10.0. The monoisotopic (exact) mass is 246 g/mol. The molecular formula is C14H14O4. The van der Waals surface area contributed by atoms with Crippen LogP contribution in [0.4, 0.5) is 0 Å². The second kappa shape index (κ2) is 4.96. The number of phenols is 1. The van der Waals surface area contributed by atoms with Crippen LogP contribution in [0.25, 0.3) is 10.8 Å². The maximum Gasteiger partial charge on any atom is 0.341 e. The SMILES string of the molecule is CCOC(=O)c1ccc2cc(O)ccc2c1OC. The summed E-state index contributed by atoms with van der Waals surface area (Å²) in [5.74, 6) is 0.226. The summed E-state index contributed by atoms with van der Waals surface area (Å²) in [6.45, 7) is 2.07. The average molecular weight is 246 g/mol. The van der Waals surface area contributed by atoms with Crippen molar-refractivity contribution in [3.63, 3.8) is 0 Å². The third kappa shape index (κ3) is 2.09. The Bertz CT molecular complexity index is 590. The van der Waals surface area contributed by atoms with Crippen molar-refractivity contribution in [2.75, 3.05) is 13.7 Å². The van der Waals surface area contributed by atoms with Crippen molar-refractivity contribution in [1.82, 2.24) is 0 Å². The minimum absolute atomic E-state index is 0.174. The topological polar surface area (TPSA) is 55.8 Å². The van der Waals surface area contributed by atoms with Gasteiger partial charge in [0.05, 0.1) is 13.7 Å². The lowest BCUT2D eigenvalue weighted by Crippen LogP contribution is -2.06. The highest BCUT2D eigenvalue weighted by Crippen LogP contribution is 2.32. The molecule has 2 aromatic rings. The lowest BCUT2D eigenvalue weighted by molar-refractivity contribution is 0.0523. The van der Waals surface area contributed by atoms with E-state index in [0.717, 1.165) is 10.8 Å². The highest BCUT2D eigenvalue weighted by molar-refractivity contribution is 6.01. The fourth-order valence-electron chi connectivity index (χ4n) is 1.88. The molecule has 0 saturated heterocycles. The van der Waals surface area contributed by atoms with Gasteiger partial charge in [-0.05, 0) is 36.6 Å². The highest BCUT2D eigenvalue weighted by atomic mass is 16.5. The normalized spacial score (nSPS) is 10.3. The summed E-state index contributed by atoms with van der Waals surface area (Å²) in [5.41, 5.74) is 0.387. The fourth-order valence-corrected chi connectivity index (χ4v) is 1.88. The lowest BCUT2D eigenvalue weighted by Gasteiger charge is -2.11. The van der Waals surface area contributed by atoms with Crippen molar-refractivity contribution in [2.45, 2.75) is 6.92 Å². The van der Waals surface area contributed by atoms with Gasteiger partial charge in [-0.25, -0.2) is 4.79 Å². The second-order valence-electron chi connectivity index (χ2n) is 3.77. The van der Waals surface area contributed by atoms with Gasteiger partial charge in [-0.2, -0.15) is 0 Å². The third-order valence-corrected chi connectivity index (χ3v) is 2.65. The van der Waals surface area contributed by atoms with E-state index < -0.39 is 5.97 Å². The molecule has 0 spiro atoms. The Kier molecular flexibility index (Phi) is 3.37. The number of aromatic hydroxyl groups is 1. The van der Waals surface area contributed by atoms with Crippen LogP contribution in [0.2, 0.25) is 0 Å². The van der Waals surface area contributed by atoms with E-state index in [9.17, 15) is 9.90 Å². The standard InChI is InChI=1S/C14H14O4/c1-3-18-14(16)12-6-4-9-8-10(15)5-7-11(9)13(12)17-2/h4-8,15H,3H2,1-2H3. The van der Waals surface area contributed by atoms with Crippen molar-refractivity contribution < 1.29 is 19.4 Å². The predicted octanol–water partition coefficient (Wildman–Crippen LogP) is 2.73. The molecule has 0 aliphatic rings. The van der Waals surface area contributed by atoms with Gasteiger partial charge in [-0.15, -0.1) is 0 Å². The van der Waals surface area contributed by atoms with Crippen molar-refractivity contribution in [1.29, 1.82) is 0 Å². The molecule has 0 saturated carbocycles. The maximum absolute atomic E-state index is 11.8. The molecule has 0 heterocycles. The van der Waals surface area contributed by atoms with E-state index in [-0.39, 0.29) is 5.75 Å². The quantitative estimate of drug-likeness (QED) is 0.846. The number of hydrogen-bond donors (Lipinski definition) is 1. The minimum Gasteiger partial charge on any atom is -0.508 e. The van der Waals surface area contributed by atoms with Crippen LogP contribution in [0.15, 0.2) is 30.3 Å². The summed E-state index contributed by atoms with van der Waals surface area (Å²) in [4.78, 5) is 11.8. The molecule has 94 valence electrons. The van der Waals surface area contributed by atoms with Crippen molar-refractivity contribution >= 4 is 16.7 Å². The number of phenolic OH excluding ortho intramolecular Hbond substituents is 1. The number of carbonyl (C=O) groups is 1. The first-order valence-corrected chi connectivity index (χ1v) is 5.64. The zero-order chi connectivity index (χ0) is 13.1. The molecule has 0 aliphatic heterocycles. The largest absolute Gasteiger partial charge is 0.508 e. The summed E-state index contributed by atoms with van der Waals surface area (Å²) in [5, 5.41) is 11.0. The van der Waals surface area contributed by atoms with Crippen LogP contribution in [-0.4, -0.2) is 24.8 Å². The third-order valence-electron chi connectivity index (χ3n) is 2.65. The molecule has 0 amide bonds. The van der Waals surface area contributed by atoms with E-state index in [1.54, 1.807) is 37.3 Å². The molecule has 2 rings (SSSR count). The molecule has 0 aromatic heterocycles. The van der Waals surface area contributed by atoms with Gasteiger partial charge >= 0.3 is 5.97 Å². The molecule has 0 bridgehead atoms. The van der Waals surface area contributed by atoms with Gasteiger partial charge in [0.1, 0.15) is 17.1 Å². The van der Waals surface area contributed by atoms with Crippen LogP contribution in [0.3, 0.4) is 0 Å². The number of methoxy groups -OCH3 is 1. The number of hydrogen-bond acceptors (Lipinski definition) is 4. The van der Waals surface area contributed by atoms with E-state index in [1.165, 1.54) is 7.11 Å². The van der Waals surface area contributed by atoms with Crippen molar-refractivity contribution in [3.05, 3.63) is 35.9 Å². The second-order valence-corrected chi connectivity index (χ2v) is 3.77. The van der Waals surface area contributed by atoms with E-state index in [1.807, 2.05) is 0 Å². The van der Waals surface area contributed by atoms with Gasteiger partial charge in [0, 0.05) is 5.39 Å². The first-order valence-electron chi connectivity index (χ1n) is 5.64. The summed E-state index contributed by atoms with van der Waals surface area (Å²) in [6.07, 6.45) is 0. The van der Waals surface area contributed by atoms with E-state index in [2.05, 4.69) is 0 Å². The van der Waals surface area contributed by atoms with Crippen LogP contribution in [0.1, 0.15) is 17.3 Å². The molecule has 1 N–H and O–H groups in total. The first-order chi connectivity index (χ1) is 8.67. The molecular weight excluding hydrogens is 232 g/mol. The van der Waals surface area contributed by atoms with Gasteiger partial charge in [-0.1, -0.05) is 6.07 Å². The van der Waals surface area contributed by atoms with Gasteiger partial charge in [0.15, 0.2) is 0 Å². The molecule has 0 radical (unpaired) electrons. The van der Waals surface area contributed by atoms with E-state index in [4.69, 9.17) is 9.47 Å². The molecule has 2 aromatic carbocycles. The van der Waals surface area contributed by atoms with Crippen molar-refractivity contribution in [3.8, 4) is 11.5 Å². The smallest absolute Gasteiger partial charge is 0.341 e. The number of esters is 1. The summed E-state index contributed by atoms with van der Waals surface area (Å²) >= 11 is 0. The summed E-state index contributed by atoms with van der Waals surface area (Å²) in [7, 11) is 1.50. The Labute approximate surface area is 105 Å². The number of rotatable bonds is 3. The van der Waals surface area contributed by atoms with E-state index in [0.29, 0.717) is 17.9 Å². The van der Waals surface area contributed by atoms with Crippen LogP contribution >= 0.6 is 0 Å². The Hall–Kier alpha value is -2.23. The first kappa shape index (κ1) is 12.2. The molecule has 0 unspecified atom stereocenters.